The van der Waals surface area contributed by atoms with Gasteiger partial charge in [-0.2, -0.15) is 0 Å². The Kier molecular flexibility index (Phi) is 9.96. The maximum atomic E-state index is 4.44. The molecule has 1 aromatic heterocycles. The lowest BCUT2D eigenvalue weighted by molar-refractivity contribution is 0.128. The number of rotatable bonds is 7. The normalized spacial score (nSPS) is 15.8. The van der Waals surface area contributed by atoms with Gasteiger partial charge in [0, 0.05) is 78.8 Å². The van der Waals surface area contributed by atoms with Gasteiger partial charge in [-0.1, -0.05) is 30.3 Å². The van der Waals surface area contributed by atoms with Crippen molar-refractivity contribution >= 4 is 29.9 Å². The molecule has 3 rings (SSSR count). The molecular formula is C22H35IN6. The molecule has 6 nitrogen and oxygen atoms in total. The van der Waals surface area contributed by atoms with Crippen molar-refractivity contribution in [3.05, 3.63) is 59.9 Å². The van der Waals surface area contributed by atoms with Crippen LogP contribution < -0.4 is 5.32 Å². The summed E-state index contributed by atoms with van der Waals surface area (Å²) >= 11 is 0. The zero-order chi connectivity index (χ0) is 19.8. The summed E-state index contributed by atoms with van der Waals surface area (Å²) in [4.78, 5) is 11.7. The first-order valence-corrected chi connectivity index (χ1v) is 10.2. The molecule has 0 saturated carbocycles. The maximum absolute atomic E-state index is 4.44. The molecule has 29 heavy (non-hydrogen) atoms. The predicted octanol–water partition coefficient (Wildman–Crippen LogP) is 2.47. The monoisotopic (exact) mass is 510 g/mol. The van der Waals surface area contributed by atoms with Crippen LogP contribution in [0.3, 0.4) is 0 Å². The van der Waals surface area contributed by atoms with E-state index >= 15 is 0 Å². The lowest BCUT2D eigenvalue weighted by Crippen LogP contribution is -2.49. The maximum Gasteiger partial charge on any atom is 0.193 e. The molecule has 2 aromatic rings. The number of aryl methyl sites for hydroxylation is 1. The lowest BCUT2D eigenvalue weighted by atomic mass is 10.2. The van der Waals surface area contributed by atoms with E-state index in [2.05, 4.69) is 92.3 Å². The SMILES string of the molecule is CN=C(NCCN1CCN(Cc2ccccc2)CC1)N(C)Cc1cccn1C.I. The second-order valence-corrected chi connectivity index (χ2v) is 7.54. The van der Waals surface area contributed by atoms with Crippen molar-refractivity contribution in [1.29, 1.82) is 0 Å². The average molecular weight is 510 g/mol. The van der Waals surface area contributed by atoms with E-state index in [0.29, 0.717) is 0 Å². The quantitative estimate of drug-likeness (QED) is 0.353. The van der Waals surface area contributed by atoms with Gasteiger partial charge in [0.15, 0.2) is 5.96 Å². The minimum Gasteiger partial charge on any atom is -0.355 e. The topological polar surface area (TPSA) is 39.0 Å². The molecule has 1 N–H and O–H groups in total. The first kappa shape index (κ1) is 23.7. The Bertz CT molecular complexity index is 737. The number of aliphatic imine (C=N–C) groups is 1. The second kappa shape index (κ2) is 12.2. The lowest BCUT2D eigenvalue weighted by Gasteiger charge is -2.35. The predicted molar refractivity (Wildman–Crippen MR) is 132 cm³/mol. The second-order valence-electron chi connectivity index (χ2n) is 7.54. The van der Waals surface area contributed by atoms with E-state index in [4.69, 9.17) is 0 Å². The summed E-state index contributed by atoms with van der Waals surface area (Å²) in [7, 11) is 6.02. The van der Waals surface area contributed by atoms with Gasteiger partial charge in [0.25, 0.3) is 0 Å². The van der Waals surface area contributed by atoms with E-state index in [0.717, 1.165) is 58.3 Å². The summed E-state index contributed by atoms with van der Waals surface area (Å²) in [6, 6.07) is 15.0. The van der Waals surface area contributed by atoms with E-state index in [1.54, 1.807) is 0 Å². The van der Waals surface area contributed by atoms with Gasteiger partial charge in [-0.25, -0.2) is 0 Å². The molecule has 1 fully saturated rings. The molecule has 0 atom stereocenters. The number of benzene rings is 1. The minimum absolute atomic E-state index is 0. The molecule has 0 amide bonds. The van der Waals surface area contributed by atoms with E-state index in [-0.39, 0.29) is 24.0 Å². The third-order valence-electron chi connectivity index (χ3n) is 5.45. The summed E-state index contributed by atoms with van der Waals surface area (Å²) in [6.45, 7) is 8.41. The van der Waals surface area contributed by atoms with Crippen molar-refractivity contribution in [2.75, 3.05) is 53.4 Å². The number of nitrogens with one attached hydrogen (secondary N) is 1. The number of hydrogen-bond acceptors (Lipinski definition) is 3. The van der Waals surface area contributed by atoms with Gasteiger partial charge in [-0.05, 0) is 17.7 Å². The van der Waals surface area contributed by atoms with E-state index in [1.807, 2.05) is 7.05 Å². The molecule has 1 saturated heterocycles. The highest BCUT2D eigenvalue weighted by molar-refractivity contribution is 14.0. The van der Waals surface area contributed by atoms with Crippen LogP contribution >= 0.6 is 24.0 Å². The Labute approximate surface area is 192 Å². The van der Waals surface area contributed by atoms with Crippen LogP contribution in [-0.4, -0.2) is 78.6 Å². The van der Waals surface area contributed by atoms with Crippen LogP contribution in [-0.2, 0) is 20.1 Å². The third-order valence-corrected chi connectivity index (χ3v) is 5.45. The number of nitrogens with zero attached hydrogens (tertiary/aromatic N) is 5. The van der Waals surface area contributed by atoms with Crippen molar-refractivity contribution in [3.63, 3.8) is 0 Å². The molecule has 2 heterocycles. The van der Waals surface area contributed by atoms with Crippen LogP contribution in [0.2, 0.25) is 0 Å². The highest BCUT2D eigenvalue weighted by Crippen LogP contribution is 2.08. The van der Waals surface area contributed by atoms with Crippen LogP contribution in [0.15, 0.2) is 53.7 Å². The average Bonchev–Trinajstić information content (AvgIpc) is 3.11. The molecule has 7 heteroatoms. The van der Waals surface area contributed by atoms with Gasteiger partial charge >= 0.3 is 0 Å². The Morgan fingerprint density at radius 1 is 1.03 bits per heavy atom. The van der Waals surface area contributed by atoms with Gasteiger partial charge in [0.05, 0.1) is 6.54 Å². The number of halogens is 1. The number of aromatic nitrogens is 1. The molecule has 0 aliphatic carbocycles. The zero-order valence-corrected chi connectivity index (χ0v) is 20.3. The Morgan fingerprint density at radius 2 is 1.72 bits per heavy atom. The fourth-order valence-electron chi connectivity index (χ4n) is 3.70. The Morgan fingerprint density at radius 3 is 2.34 bits per heavy atom. The van der Waals surface area contributed by atoms with Crippen LogP contribution in [0.5, 0.6) is 0 Å². The van der Waals surface area contributed by atoms with Crippen molar-refractivity contribution < 1.29 is 0 Å². The summed E-state index contributed by atoms with van der Waals surface area (Å²) in [5.41, 5.74) is 2.68. The molecular weight excluding hydrogens is 475 g/mol. The molecule has 0 unspecified atom stereocenters. The van der Waals surface area contributed by atoms with Crippen LogP contribution in [0.1, 0.15) is 11.3 Å². The molecule has 0 bridgehead atoms. The fraction of sp³-hybridized carbons (Fsp3) is 0.500. The Balaban J connectivity index is 0.00000300. The van der Waals surface area contributed by atoms with Crippen molar-refractivity contribution in [1.82, 2.24) is 24.6 Å². The highest BCUT2D eigenvalue weighted by atomic mass is 127. The zero-order valence-electron chi connectivity index (χ0n) is 17.9. The molecule has 1 aromatic carbocycles. The largest absolute Gasteiger partial charge is 0.355 e. The molecule has 1 aliphatic heterocycles. The number of guanidine groups is 1. The van der Waals surface area contributed by atoms with Crippen LogP contribution in [0, 0.1) is 0 Å². The minimum atomic E-state index is 0. The van der Waals surface area contributed by atoms with Crippen molar-refractivity contribution in [2.24, 2.45) is 12.0 Å². The molecule has 1 aliphatic rings. The van der Waals surface area contributed by atoms with Gasteiger partial charge in [-0.3, -0.25) is 14.8 Å². The standard InChI is InChI=1S/C22H34N6.HI/c1-23-22(26(3)19-21-10-7-12-25(21)2)24-11-13-27-14-16-28(17-15-27)18-20-8-5-4-6-9-20;/h4-10,12H,11,13-19H2,1-3H3,(H,23,24);1H. The van der Waals surface area contributed by atoms with Crippen LogP contribution in [0.4, 0.5) is 0 Å². The third kappa shape index (κ3) is 7.31. The number of hydrogen-bond donors (Lipinski definition) is 1. The van der Waals surface area contributed by atoms with Gasteiger partial charge in [0.2, 0.25) is 0 Å². The molecule has 0 spiro atoms. The fourth-order valence-corrected chi connectivity index (χ4v) is 3.70. The highest BCUT2D eigenvalue weighted by Gasteiger charge is 2.17. The first-order chi connectivity index (χ1) is 13.7. The van der Waals surface area contributed by atoms with Crippen molar-refractivity contribution in [3.8, 4) is 0 Å². The molecule has 0 radical (unpaired) electrons. The van der Waals surface area contributed by atoms with E-state index in [1.165, 1.54) is 11.3 Å². The summed E-state index contributed by atoms with van der Waals surface area (Å²) < 4.78 is 2.15. The first-order valence-electron chi connectivity index (χ1n) is 10.2. The van der Waals surface area contributed by atoms with Gasteiger partial charge in [-0.15, -0.1) is 24.0 Å². The Hall–Kier alpha value is -1.58. The van der Waals surface area contributed by atoms with Crippen LogP contribution in [0.25, 0.3) is 0 Å². The van der Waals surface area contributed by atoms with Gasteiger partial charge in [0.1, 0.15) is 0 Å². The van der Waals surface area contributed by atoms with Gasteiger partial charge < -0.3 is 14.8 Å². The van der Waals surface area contributed by atoms with Crippen molar-refractivity contribution in [2.45, 2.75) is 13.1 Å². The number of piperazine rings is 1. The summed E-state index contributed by atoms with van der Waals surface area (Å²) in [5.74, 6) is 0.948. The summed E-state index contributed by atoms with van der Waals surface area (Å²) in [6.07, 6.45) is 2.08. The molecule has 160 valence electrons. The van der Waals surface area contributed by atoms with E-state index < -0.39 is 0 Å². The smallest absolute Gasteiger partial charge is 0.193 e. The summed E-state index contributed by atoms with van der Waals surface area (Å²) in [5, 5.41) is 3.51. The van der Waals surface area contributed by atoms with E-state index in [9.17, 15) is 0 Å².